The second-order valence-corrected chi connectivity index (χ2v) is 11.0. The van der Waals surface area contributed by atoms with Gasteiger partial charge in [0.2, 0.25) is 0 Å². The molecule has 39 heavy (non-hydrogen) atoms. The third kappa shape index (κ3) is 9.29. The highest BCUT2D eigenvalue weighted by Crippen LogP contribution is 2.37. The SMILES string of the molecule is CCCC(c1ccc(C(=O)OC(C)(C)C)cc1)C(NCc1ccc(Cl)cc1C)c1ccc(OC(F)(F)F)cc1. The molecule has 0 aliphatic carbocycles. The molecule has 0 amide bonds. The molecule has 3 rings (SSSR count). The number of nitrogens with one attached hydrogen (secondary N) is 1. The second kappa shape index (κ2) is 12.9. The van der Waals surface area contributed by atoms with Crippen LogP contribution < -0.4 is 10.1 Å². The molecule has 0 saturated carbocycles. The van der Waals surface area contributed by atoms with Gasteiger partial charge in [-0.3, -0.25) is 0 Å². The summed E-state index contributed by atoms with van der Waals surface area (Å²) in [5.41, 5.74) is 3.79. The number of esters is 1. The lowest BCUT2D eigenvalue weighted by Crippen LogP contribution is -2.27. The van der Waals surface area contributed by atoms with E-state index in [1.54, 1.807) is 24.3 Å². The molecule has 0 aliphatic rings. The summed E-state index contributed by atoms with van der Waals surface area (Å²) in [6, 6.07) is 18.8. The Morgan fingerprint density at radius 2 is 1.56 bits per heavy atom. The smallest absolute Gasteiger partial charge is 0.456 e. The monoisotopic (exact) mass is 561 g/mol. The van der Waals surface area contributed by atoms with Crippen LogP contribution in [-0.2, 0) is 11.3 Å². The van der Waals surface area contributed by atoms with Crippen molar-refractivity contribution in [2.45, 2.75) is 77.9 Å². The minimum absolute atomic E-state index is 0.0234. The molecule has 0 spiro atoms. The Kier molecular flexibility index (Phi) is 10.1. The van der Waals surface area contributed by atoms with E-state index in [1.165, 1.54) is 12.1 Å². The van der Waals surface area contributed by atoms with Crippen molar-refractivity contribution in [2.24, 2.45) is 0 Å². The Labute approximate surface area is 233 Å². The molecule has 0 bridgehead atoms. The number of carbonyl (C=O) groups is 1. The lowest BCUT2D eigenvalue weighted by molar-refractivity contribution is -0.274. The molecule has 3 aromatic carbocycles. The average molecular weight is 562 g/mol. The average Bonchev–Trinajstić information content (AvgIpc) is 2.83. The van der Waals surface area contributed by atoms with Gasteiger partial charge in [-0.05, 0) is 92.8 Å². The van der Waals surface area contributed by atoms with Gasteiger partial charge in [-0.25, -0.2) is 4.79 Å². The van der Waals surface area contributed by atoms with Gasteiger partial charge in [-0.1, -0.05) is 55.3 Å². The van der Waals surface area contributed by atoms with Crippen LogP contribution in [0.25, 0.3) is 0 Å². The molecule has 0 aromatic heterocycles. The highest BCUT2D eigenvalue weighted by molar-refractivity contribution is 6.30. The Hall–Kier alpha value is -3.03. The van der Waals surface area contributed by atoms with Crippen LogP contribution in [0.3, 0.4) is 0 Å². The zero-order chi connectivity index (χ0) is 28.8. The summed E-state index contributed by atoms with van der Waals surface area (Å²) in [5.74, 6) is -0.689. The Bertz CT molecular complexity index is 1240. The van der Waals surface area contributed by atoms with E-state index in [9.17, 15) is 18.0 Å². The number of carbonyl (C=O) groups excluding carboxylic acids is 1. The van der Waals surface area contributed by atoms with Gasteiger partial charge in [0.15, 0.2) is 0 Å². The minimum atomic E-state index is -4.76. The lowest BCUT2D eigenvalue weighted by Gasteiger charge is -2.30. The largest absolute Gasteiger partial charge is 0.573 e. The Morgan fingerprint density at radius 3 is 2.10 bits per heavy atom. The van der Waals surface area contributed by atoms with Crippen LogP contribution in [0.4, 0.5) is 13.2 Å². The molecule has 0 radical (unpaired) electrons. The number of benzene rings is 3. The van der Waals surface area contributed by atoms with Gasteiger partial charge < -0.3 is 14.8 Å². The van der Waals surface area contributed by atoms with Crippen molar-refractivity contribution in [1.29, 1.82) is 0 Å². The van der Waals surface area contributed by atoms with Crippen molar-refractivity contribution < 1.29 is 27.4 Å². The number of aryl methyl sites for hydroxylation is 1. The van der Waals surface area contributed by atoms with Crippen LogP contribution in [0, 0.1) is 6.92 Å². The summed E-state index contributed by atoms with van der Waals surface area (Å²) >= 11 is 6.13. The predicted octanol–water partition coefficient (Wildman–Crippen LogP) is 8.92. The van der Waals surface area contributed by atoms with E-state index in [0.29, 0.717) is 17.1 Å². The third-order valence-corrected chi connectivity index (χ3v) is 6.50. The lowest BCUT2D eigenvalue weighted by atomic mass is 9.83. The molecule has 2 unspecified atom stereocenters. The number of alkyl halides is 3. The van der Waals surface area contributed by atoms with E-state index < -0.39 is 17.9 Å². The van der Waals surface area contributed by atoms with E-state index in [-0.39, 0.29) is 17.7 Å². The van der Waals surface area contributed by atoms with Gasteiger partial charge in [0.25, 0.3) is 0 Å². The minimum Gasteiger partial charge on any atom is -0.456 e. The maximum atomic E-state index is 12.7. The molecule has 0 aliphatic heterocycles. The number of hydrogen-bond donors (Lipinski definition) is 1. The molecule has 210 valence electrons. The summed E-state index contributed by atoms with van der Waals surface area (Å²) in [4.78, 5) is 12.5. The van der Waals surface area contributed by atoms with E-state index >= 15 is 0 Å². The Balaban J connectivity index is 1.94. The van der Waals surface area contributed by atoms with Gasteiger partial charge in [-0.15, -0.1) is 13.2 Å². The first kappa shape index (κ1) is 30.5. The van der Waals surface area contributed by atoms with E-state index in [4.69, 9.17) is 16.3 Å². The highest BCUT2D eigenvalue weighted by atomic mass is 35.5. The van der Waals surface area contributed by atoms with Crippen molar-refractivity contribution in [3.63, 3.8) is 0 Å². The number of ether oxygens (including phenoxy) is 2. The van der Waals surface area contributed by atoms with Gasteiger partial charge in [-0.2, -0.15) is 0 Å². The van der Waals surface area contributed by atoms with Crippen LogP contribution in [0.5, 0.6) is 5.75 Å². The summed E-state index contributed by atoms with van der Waals surface area (Å²) in [6.07, 6.45) is -3.07. The molecule has 2 atom stereocenters. The van der Waals surface area contributed by atoms with Crippen molar-refractivity contribution in [2.75, 3.05) is 0 Å². The van der Waals surface area contributed by atoms with Crippen molar-refractivity contribution in [1.82, 2.24) is 5.32 Å². The maximum absolute atomic E-state index is 12.7. The van der Waals surface area contributed by atoms with Crippen LogP contribution in [-0.4, -0.2) is 17.9 Å². The van der Waals surface area contributed by atoms with Gasteiger partial charge >= 0.3 is 12.3 Å². The standard InChI is InChI=1S/C31H35ClF3NO3/c1-6-7-27(21-8-10-23(11-9-21)29(37)39-30(3,4)5)28(36-19-24-12-15-25(32)18-20(24)2)22-13-16-26(17-14-22)38-31(33,34)35/h8-18,27-28,36H,6-7,19H2,1-5H3. The molecular formula is C31H35ClF3NO3. The quantitative estimate of drug-likeness (QED) is 0.251. The molecule has 8 heteroatoms. The predicted molar refractivity (Wildman–Crippen MR) is 148 cm³/mol. The normalized spacial score (nSPS) is 13.6. The van der Waals surface area contributed by atoms with Crippen LogP contribution >= 0.6 is 11.6 Å². The van der Waals surface area contributed by atoms with E-state index in [2.05, 4.69) is 17.0 Å². The Morgan fingerprint density at radius 1 is 0.949 bits per heavy atom. The molecule has 0 saturated heterocycles. The topological polar surface area (TPSA) is 47.6 Å². The molecule has 1 N–H and O–H groups in total. The zero-order valence-electron chi connectivity index (χ0n) is 22.9. The van der Waals surface area contributed by atoms with Crippen LogP contribution in [0.15, 0.2) is 66.7 Å². The van der Waals surface area contributed by atoms with E-state index in [1.807, 2.05) is 58.0 Å². The molecule has 0 fully saturated rings. The molecule has 3 aromatic rings. The first-order valence-corrected chi connectivity index (χ1v) is 13.3. The van der Waals surface area contributed by atoms with Crippen LogP contribution in [0.2, 0.25) is 5.02 Å². The van der Waals surface area contributed by atoms with Gasteiger partial charge in [0.05, 0.1) is 5.56 Å². The van der Waals surface area contributed by atoms with Crippen molar-refractivity contribution in [3.05, 3.63) is 99.6 Å². The van der Waals surface area contributed by atoms with Crippen molar-refractivity contribution >= 4 is 17.6 Å². The second-order valence-electron chi connectivity index (χ2n) is 10.6. The molecule has 4 nitrogen and oxygen atoms in total. The first-order chi connectivity index (χ1) is 18.3. The van der Waals surface area contributed by atoms with E-state index in [0.717, 1.165) is 35.1 Å². The third-order valence-electron chi connectivity index (χ3n) is 6.27. The fourth-order valence-corrected chi connectivity index (χ4v) is 4.71. The summed E-state index contributed by atoms with van der Waals surface area (Å²) in [5, 5.41) is 4.29. The number of hydrogen-bond acceptors (Lipinski definition) is 4. The van der Waals surface area contributed by atoms with Crippen LogP contribution in [0.1, 0.15) is 85.1 Å². The highest BCUT2D eigenvalue weighted by Gasteiger charge is 2.31. The first-order valence-electron chi connectivity index (χ1n) is 12.9. The molecule has 0 heterocycles. The zero-order valence-corrected chi connectivity index (χ0v) is 23.6. The van der Waals surface area contributed by atoms with Gasteiger partial charge in [0.1, 0.15) is 11.4 Å². The summed E-state index contributed by atoms with van der Waals surface area (Å²) in [6.45, 7) is 10.1. The van der Waals surface area contributed by atoms with Crippen molar-refractivity contribution in [3.8, 4) is 5.75 Å². The fourth-order valence-electron chi connectivity index (χ4n) is 4.49. The number of halogens is 4. The van der Waals surface area contributed by atoms with Gasteiger partial charge in [0, 0.05) is 23.5 Å². The maximum Gasteiger partial charge on any atom is 0.573 e. The number of rotatable bonds is 10. The summed E-state index contributed by atoms with van der Waals surface area (Å²) < 4.78 is 47.8. The summed E-state index contributed by atoms with van der Waals surface area (Å²) in [7, 11) is 0. The molecular weight excluding hydrogens is 527 g/mol. The fraction of sp³-hybridized carbons (Fsp3) is 0.387.